The van der Waals surface area contributed by atoms with E-state index < -0.39 is 0 Å². The Morgan fingerprint density at radius 3 is 2.34 bits per heavy atom. The van der Waals surface area contributed by atoms with Crippen molar-refractivity contribution < 1.29 is 0 Å². The van der Waals surface area contributed by atoms with Gasteiger partial charge >= 0.3 is 0 Å². The van der Waals surface area contributed by atoms with Crippen molar-refractivity contribution in [3.05, 3.63) is 119 Å². The second-order valence-electron chi connectivity index (χ2n) is 10.4. The molecule has 0 saturated carbocycles. The Bertz CT molecular complexity index is 1480. The summed E-state index contributed by atoms with van der Waals surface area (Å²) in [6.45, 7) is 3.87. The zero-order valence-electron chi connectivity index (χ0n) is 21.9. The molecule has 1 aliphatic heterocycles. The Kier molecular flexibility index (Phi) is 7.18. The molecule has 1 N–H and O–H groups in total. The summed E-state index contributed by atoms with van der Waals surface area (Å²) >= 11 is 0. The third-order valence-electron chi connectivity index (χ3n) is 7.55. The molecule has 0 spiro atoms. The minimum atomic E-state index is 0.456. The molecular weight excluding hydrogens is 467 g/mol. The first-order valence-corrected chi connectivity index (χ1v) is 13.5. The quantitative estimate of drug-likeness (QED) is 0.327. The molecule has 5 aromatic rings. The zero-order valence-corrected chi connectivity index (χ0v) is 21.9. The van der Waals surface area contributed by atoms with Gasteiger partial charge in [0.15, 0.2) is 5.65 Å². The molecule has 190 valence electrons. The topological polar surface area (TPSA) is 58.4 Å². The predicted molar refractivity (Wildman–Crippen MR) is 156 cm³/mol. The van der Waals surface area contributed by atoms with Gasteiger partial charge in [0.05, 0.1) is 0 Å². The van der Waals surface area contributed by atoms with E-state index >= 15 is 0 Å². The molecule has 0 aliphatic carbocycles. The van der Waals surface area contributed by atoms with Crippen LogP contribution in [-0.2, 0) is 19.5 Å². The Morgan fingerprint density at radius 2 is 1.58 bits per heavy atom. The number of hydrogen-bond acceptors (Lipinski definition) is 5. The molecule has 6 rings (SSSR count). The number of nitrogens with zero attached hydrogens (tertiary/aromatic N) is 5. The van der Waals surface area contributed by atoms with Gasteiger partial charge in [-0.1, -0.05) is 60.7 Å². The van der Waals surface area contributed by atoms with Gasteiger partial charge in [-0.15, -0.1) is 0 Å². The van der Waals surface area contributed by atoms with Gasteiger partial charge in [0.2, 0.25) is 0 Å². The summed E-state index contributed by atoms with van der Waals surface area (Å²) in [5, 5.41) is 8.14. The van der Waals surface area contributed by atoms with Crippen LogP contribution >= 0.6 is 0 Å². The summed E-state index contributed by atoms with van der Waals surface area (Å²) in [7, 11) is 2.08. The summed E-state index contributed by atoms with van der Waals surface area (Å²) in [6, 6.07) is 26.1. The van der Waals surface area contributed by atoms with E-state index in [0.717, 1.165) is 61.4 Å². The number of piperidine rings is 1. The number of anilines is 1. The highest BCUT2D eigenvalue weighted by atomic mass is 15.3. The van der Waals surface area contributed by atoms with Gasteiger partial charge < -0.3 is 5.32 Å². The molecule has 2 aromatic carbocycles. The van der Waals surface area contributed by atoms with Crippen LogP contribution in [0.25, 0.3) is 5.65 Å². The Hall–Kier alpha value is -3.97. The van der Waals surface area contributed by atoms with Gasteiger partial charge in [-0.25, -0.2) is 4.98 Å². The minimum absolute atomic E-state index is 0.456. The van der Waals surface area contributed by atoms with Crippen molar-refractivity contribution in [3.63, 3.8) is 0 Å². The third kappa shape index (κ3) is 5.63. The first-order valence-electron chi connectivity index (χ1n) is 13.5. The Balaban J connectivity index is 1.09. The van der Waals surface area contributed by atoms with Crippen molar-refractivity contribution in [1.29, 1.82) is 0 Å². The molecular formula is C31H33BN6. The minimum Gasteiger partial charge on any atom is -0.366 e. The van der Waals surface area contributed by atoms with Crippen LogP contribution in [0.3, 0.4) is 0 Å². The third-order valence-corrected chi connectivity index (χ3v) is 7.55. The SMILES string of the molecule is Bc1cnn2c(NCc3cccnc3)cc(C3CCN(Cc4ccc(Cc5ccccc5)cc4)CC3)nc12. The monoisotopic (exact) mass is 500 g/mol. The Morgan fingerprint density at radius 1 is 0.842 bits per heavy atom. The molecule has 0 unspecified atom stereocenters. The molecule has 38 heavy (non-hydrogen) atoms. The molecule has 0 atom stereocenters. The van der Waals surface area contributed by atoms with E-state index in [1.165, 1.54) is 22.4 Å². The van der Waals surface area contributed by atoms with E-state index in [-0.39, 0.29) is 0 Å². The van der Waals surface area contributed by atoms with E-state index in [9.17, 15) is 0 Å². The van der Waals surface area contributed by atoms with Crippen molar-refractivity contribution in [2.24, 2.45) is 0 Å². The maximum atomic E-state index is 5.06. The Labute approximate surface area is 225 Å². The van der Waals surface area contributed by atoms with Gasteiger partial charge in [0, 0.05) is 49.4 Å². The largest absolute Gasteiger partial charge is 0.366 e. The lowest BCUT2D eigenvalue weighted by Gasteiger charge is -2.32. The number of hydrogen-bond donors (Lipinski definition) is 1. The van der Waals surface area contributed by atoms with Gasteiger partial charge in [-0.05, 0) is 66.1 Å². The van der Waals surface area contributed by atoms with Crippen LogP contribution in [0.5, 0.6) is 0 Å². The van der Waals surface area contributed by atoms with Crippen molar-refractivity contribution in [2.45, 2.75) is 38.3 Å². The molecule has 1 saturated heterocycles. The summed E-state index contributed by atoms with van der Waals surface area (Å²) in [5.41, 5.74) is 8.46. The smallest absolute Gasteiger partial charge is 0.151 e. The number of aromatic nitrogens is 4. The normalized spacial score (nSPS) is 14.6. The second kappa shape index (κ2) is 11.2. The van der Waals surface area contributed by atoms with Crippen LogP contribution in [0.15, 0.2) is 91.4 Å². The number of rotatable bonds is 8. The van der Waals surface area contributed by atoms with Crippen LogP contribution in [0, 0.1) is 0 Å². The maximum absolute atomic E-state index is 5.06. The number of fused-ring (bicyclic) bond motifs is 1. The first kappa shape index (κ1) is 24.4. The summed E-state index contributed by atoms with van der Waals surface area (Å²) in [6.07, 6.45) is 8.81. The molecule has 0 radical (unpaired) electrons. The van der Waals surface area contributed by atoms with Gasteiger partial charge in [0.1, 0.15) is 13.7 Å². The standard InChI is InChI=1S/C31H33BN6/c32-28-21-35-38-30(34-20-26-7-4-14-33-19-26)18-29(36-31(28)38)27-12-15-37(16-13-27)22-25-10-8-24(9-11-25)17-23-5-2-1-3-6-23/h1-11,14,18-19,21,27,34H,12-13,15-17,20,22,32H2. The van der Waals surface area contributed by atoms with E-state index in [0.29, 0.717) is 12.5 Å². The zero-order chi connectivity index (χ0) is 25.7. The van der Waals surface area contributed by atoms with Crippen LogP contribution in [0.2, 0.25) is 0 Å². The number of benzene rings is 2. The lowest BCUT2D eigenvalue weighted by molar-refractivity contribution is 0.203. The fourth-order valence-corrected chi connectivity index (χ4v) is 5.36. The number of likely N-dealkylation sites (tertiary alicyclic amines) is 1. The highest BCUT2D eigenvalue weighted by Gasteiger charge is 2.23. The number of pyridine rings is 1. The van der Waals surface area contributed by atoms with Gasteiger partial charge in [-0.3, -0.25) is 9.88 Å². The highest BCUT2D eigenvalue weighted by Crippen LogP contribution is 2.29. The molecule has 0 bridgehead atoms. The molecule has 4 heterocycles. The van der Waals surface area contributed by atoms with E-state index in [4.69, 9.17) is 4.98 Å². The van der Waals surface area contributed by atoms with Gasteiger partial charge in [0.25, 0.3) is 0 Å². The van der Waals surface area contributed by atoms with Crippen molar-refractivity contribution in [3.8, 4) is 0 Å². The molecule has 6 nitrogen and oxygen atoms in total. The molecule has 1 aliphatic rings. The molecule has 0 amide bonds. The van der Waals surface area contributed by atoms with Crippen molar-refractivity contribution >= 4 is 24.8 Å². The van der Waals surface area contributed by atoms with Crippen molar-refractivity contribution in [1.82, 2.24) is 24.5 Å². The van der Waals surface area contributed by atoms with Gasteiger partial charge in [-0.2, -0.15) is 9.61 Å². The van der Waals surface area contributed by atoms with Crippen LogP contribution < -0.4 is 10.8 Å². The van der Waals surface area contributed by atoms with E-state index in [2.05, 4.69) is 94.9 Å². The fourth-order valence-electron chi connectivity index (χ4n) is 5.36. The highest BCUT2D eigenvalue weighted by molar-refractivity contribution is 6.36. The fraction of sp³-hybridized carbons (Fsp3) is 0.258. The summed E-state index contributed by atoms with van der Waals surface area (Å²) in [5.74, 6) is 1.44. The molecule has 1 fully saturated rings. The predicted octanol–water partition coefficient (Wildman–Crippen LogP) is 3.97. The maximum Gasteiger partial charge on any atom is 0.151 e. The van der Waals surface area contributed by atoms with Crippen LogP contribution in [0.1, 0.15) is 46.7 Å². The summed E-state index contributed by atoms with van der Waals surface area (Å²) < 4.78 is 1.92. The van der Waals surface area contributed by atoms with Crippen LogP contribution in [0.4, 0.5) is 5.82 Å². The summed E-state index contributed by atoms with van der Waals surface area (Å²) in [4.78, 5) is 11.9. The van der Waals surface area contributed by atoms with Crippen molar-refractivity contribution in [2.75, 3.05) is 18.4 Å². The van der Waals surface area contributed by atoms with E-state index in [1.54, 1.807) is 6.20 Å². The lowest BCUT2D eigenvalue weighted by Crippen LogP contribution is -2.32. The first-order chi connectivity index (χ1) is 18.7. The molecule has 3 aromatic heterocycles. The molecule has 7 heteroatoms. The average molecular weight is 500 g/mol. The lowest BCUT2D eigenvalue weighted by atomic mass is 9.92. The average Bonchev–Trinajstić information content (AvgIpc) is 3.35. The van der Waals surface area contributed by atoms with Crippen LogP contribution in [-0.4, -0.2) is 45.4 Å². The van der Waals surface area contributed by atoms with E-state index in [1.807, 2.05) is 23.0 Å². The second-order valence-corrected chi connectivity index (χ2v) is 10.4. The number of nitrogens with one attached hydrogen (secondary N) is 1.